The van der Waals surface area contributed by atoms with Crippen LogP contribution >= 0.6 is 0 Å². The Morgan fingerprint density at radius 1 is 0.196 bits per heavy atom. The molecule has 0 N–H and O–H groups in total. The van der Waals surface area contributed by atoms with Crippen molar-refractivity contribution in [2.24, 2.45) is 0 Å². The van der Waals surface area contributed by atoms with Crippen LogP contribution in [-0.2, 0) is 0 Å². The molecule has 258 valence electrons. The normalized spacial score (nSPS) is 12.3. The number of hydrogen-bond donors (Lipinski definition) is 0. The van der Waals surface area contributed by atoms with Gasteiger partial charge in [-0.15, -0.1) is 0 Å². The molecule has 56 heavy (non-hydrogen) atoms. The molecule has 0 atom stereocenters. The minimum absolute atomic E-state index is 0.785. The Bertz CT molecular complexity index is 3500. The van der Waals surface area contributed by atoms with Crippen molar-refractivity contribution in [3.05, 3.63) is 182 Å². The van der Waals surface area contributed by atoms with Crippen LogP contribution in [0.5, 0.6) is 0 Å². The highest BCUT2D eigenvalue weighted by Gasteiger charge is 2.18. The predicted octanol–water partition coefficient (Wildman–Crippen LogP) is 15.7. The van der Waals surface area contributed by atoms with Crippen LogP contribution in [0.3, 0.4) is 0 Å². The van der Waals surface area contributed by atoms with Crippen LogP contribution in [0, 0.1) is 0 Å². The van der Waals surface area contributed by atoms with Gasteiger partial charge < -0.3 is 8.83 Å². The maximum absolute atomic E-state index is 6.72. The molecule has 0 saturated heterocycles. The molecule has 13 aromatic rings. The van der Waals surface area contributed by atoms with Crippen molar-refractivity contribution in [3.63, 3.8) is 0 Å². The summed E-state index contributed by atoms with van der Waals surface area (Å²) in [7, 11) is 0. The van der Waals surface area contributed by atoms with Crippen LogP contribution in [0.2, 0.25) is 0 Å². The lowest BCUT2D eigenvalue weighted by Gasteiger charge is -2.12. The Morgan fingerprint density at radius 3 is 0.786 bits per heavy atom. The highest BCUT2D eigenvalue weighted by molar-refractivity contribution is 6.27. The second-order valence-corrected chi connectivity index (χ2v) is 15.1. The quantitative estimate of drug-likeness (QED) is 0.167. The third-order valence-corrected chi connectivity index (χ3v) is 12.2. The van der Waals surface area contributed by atoms with Crippen LogP contribution in [0.25, 0.3) is 131 Å². The Hall–Kier alpha value is -7.42. The molecule has 2 heterocycles. The number of hydrogen-bond acceptors (Lipinski definition) is 2. The van der Waals surface area contributed by atoms with Crippen molar-refractivity contribution >= 4 is 109 Å². The van der Waals surface area contributed by atoms with Gasteiger partial charge in [0.1, 0.15) is 11.2 Å². The second-order valence-electron chi connectivity index (χ2n) is 15.1. The van der Waals surface area contributed by atoms with Crippen molar-refractivity contribution in [2.75, 3.05) is 0 Å². The minimum Gasteiger partial charge on any atom is -0.452 e. The molecule has 0 aliphatic heterocycles. The van der Waals surface area contributed by atoms with Gasteiger partial charge in [0.25, 0.3) is 0 Å². The molecule has 0 aliphatic rings. The summed E-state index contributed by atoms with van der Waals surface area (Å²) in [5.41, 5.74) is 7.85. The van der Waals surface area contributed by atoms with Crippen molar-refractivity contribution in [1.29, 1.82) is 0 Å². The van der Waals surface area contributed by atoms with Gasteiger partial charge in [-0.1, -0.05) is 133 Å². The summed E-state index contributed by atoms with van der Waals surface area (Å²) >= 11 is 0. The number of benzene rings is 11. The van der Waals surface area contributed by atoms with Gasteiger partial charge in [-0.2, -0.15) is 0 Å². The summed E-state index contributed by atoms with van der Waals surface area (Å²) < 4.78 is 13.4. The Morgan fingerprint density at radius 2 is 0.446 bits per heavy atom. The molecule has 0 bridgehead atoms. The van der Waals surface area contributed by atoms with Gasteiger partial charge >= 0.3 is 0 Å². The molecule has 2 aromatic heterocycles. The first-order valence-electron chi connectivity index (χ1n) is 19.2. The molecular formula is C54H30O2. The van der Waals surface area contributed by atoms with E-state index in [0.717, 1.165) is 66.1 Å². The summed E-state index contributed by atoms with van der Waals surface area (Å²) in [4.78, 5) is 0. The van der Waals surface area contributed by atoms with E-state index in [4.69, 9.17) is 8.83 Å². The zero-order valence-electron chi connectivity index (χ0n) is 30.1. The zero-order chi connectivity index (χ0) is 36.5. The maximum Gasteiger partial charge on any atom is 0.178 e. The van der Waals surface area contributed by atoms with Gasteiger partial charge in [-0.3, -0.25) is 0 Å². The van der Waals surface area contributed by atoms with Gasteiger partial charge in [-0.25, -0.2) is 0 Å². The van der Waals surface area contributed by atoms with E-state index in [1.165, 1.54) is 64.6 Å². The molecular weight excluding hydrogens is 681 g/mol. The molecule has 0 saturated carbocycles. The lowest BCUT2D eigenvalue weighted by Crippen LogP contribution is -1.85. The van der Waals surface area contributed by atoms with Gasteiger partial charge in [0.15, 0.2) is 11.2 Å². The van der Waals surface area contributed by atoms with E-state index in [9.17, 15) is 0 Å². The Kier molecular flexibility index (Phi) is 5.92. The average molecular weight is 711 g/mol. The number of rotatable bonds is 2. The van der Waals surface area contributed by atoms with Crippen LogP contribution in [-0.4, -0.2) is 0 Å². The second kappa shape index (κ2) is 11.1. The first-order chi connectivity index (χ1) is 27.7. The monoisotopic (exact) mass is 710 g/mol. The van der Waals surface area contributed by atoms with Gasteiger partial charge in [0, 0.05) is 21.5 Å². The highest BCUT2D eigenvalue weighted by atomic mass is 16.4. The van der Waals surface area contributed by atoms with E-state index in [0.29, 0.717) is 0 Å². The van der Waals surface area contributed by atoms with Gasteiger partial charge in [0.2, 0.25) is 0 Å². The van der Waals surface area contributed by atoms with E-state index < -0.39 is 0 Å². The molecule has 0 unspecified atom stereocenters. The fourth-order valence-electron chi connectivity index (χ4n) is 9.60. The maximum atomic E-state index is 6.72. The third kappa shape index (κ3) is 4.10. The van der Waals surface area contributed by atoms with Crippen molar-refractivity contribution in [2.45, 2.75) is 0 Å². The SMILES string of the molecule is c1ccc2c(c1)c1ccccc1c1cc(-c3ccc4c(c3)oc3c4ccc4c5ccc(-c6ccc7c8ccccc8c8ccccc8c7c6)cc5oc43)ccc21. The summed E-state index contributed by atoms with van der Waals surface area (Å²) in [5, 5.41) is 19.6. The van der Waals surface area contributed by atoms with Crippen LogP contribution in [0.1, 0.15) is 0 Å². The molecule has 0 aliphatic carbocycles. The fourth-order valence-corrected chi connectivity index (χ4v) is 9.60. The van der Waals surface area contributed by atoms with E-state index in [1.807, 2.05) is 0 Å². The van der Waals surface area contributed by atoms with Crippen LogP contribution in [0.15, 0.2) is 191 Å². The number of fused-ring (bicyclic) bond motifs is 19. The zero-order valence-corrected chi connectivity index (χ0v) is 30.1. The van der Waals surface area contributed by atoms with Crippen LogP contribution in [0.4, 0.5) is 0 Å². The molecule has 11 aromatic carbocycles. The van der Waals surface area contributed by atoms with Crippen LogP contribution < -0.4 is 0 Å². The lowest BCUT2D eigenvalue weighted by atomic mass is 9.92. The highest BCUT2D eigenvalue weighted by Crippen LogP contribution is 2.43. The summed E-state index contributed by atoms with van der Waals surface area (Å²) in [6.45, 7) is 0. The average Bonchev–Trinajstić information content (AvgIpc) is 3.84. The fraction of sp³-hybridized carbons (Fsp3) is 0. The predicted molar refractivity (Wildman–Crippen MR) is 237 cm³/mol. The molecule has 0 radical (unpaired) electrons. The topological polar surface area (TPSA) is 26.3 Å². The van der Waals surface area contributed by atoms with Crippen molar-refractivity contribution < 1.29 is 8.83 Å². The van der Waals surface area contributed by atoms with Gasteiger partial charge in [-0.05, 0) is 135 Å². The van der Waals surface area contributed by atoms with Crippen molar-refractivity contribution in [3.8, 4) is 22.3 Å². The van der Waals surface area contributed by atoms with E-state index in [2.05, 4.69) is 182 Å². The first-order valence-corrected chi connectivity index (χ1v) is 19.2. The summed E-state index contributed by atoms with van der Waals surface area (Å²) in [6.07, 6.45) is 0. The standard InChI is InChI=1S/C54H30O2/c1-3-13-39-35(9-1)37-11-5-7-15-41(37)49-27-31(17-21-43(39)49)33-19-23-45-47-25-26-48-46-24-20-34(30-52(46)56-54(48)53(47)55-51(45)29-33)32-18-22-44-40-14-4-2-10-36(40)38-12-6-8-16-42(38)50(44)28-32/h1-30H. The Labute approximate surface area is 320 Å². The largest absolute Gasteiger partial charge is 0.452 e. The summed E-state index contributed by atoms with van der Waals surface area (Å²) in [6, 6.07) is 66.1. The third-order valence-electron chi connectivity index (χ3n) is 12.2. The van der Waals surface area contributed by atoms with Gasteiger partial charge in [0.05, 0.1) is 0 Å². The van der Waals surface area contributed by atoms with E-state index >= 15 is 0 Å². The van der Waals surface area contributed by atoms with E-state index in [1.54, 1.807) is 0 Å². The summed E-state index contributed by atoms with van der Waals surface area (Å²) in [5.74, 6) is 0. The molecule has 0 amide bonds. The molecule has 13 rings (SSSR count). The first kappa shape index (κ1) is 30.0. The van der Waals surface area contributed by atoms with E-state index in [-0.39, 0.29) is 0 Å². The molecule has 2 nitrogen and oxygen atoms in total. The molecule has 0 spiro atoms. The lowest BCUT2D eigenvalue weighted by molar-refractivity contribution is 0.633. The number of furan rings is 2. The smallest absolute Gasteiger partial charge is 0.178 e. The Balaban J connectivity index is 0.942. The molecule has 2 heteroatoms. The minimum atomic E-state index is 0.785. The molecule has 0 fully saturated rings. The van der Waals surface area contributed by atoms with Crippen molar-refractivity contribution in [1.82, 2.24) is 0 Å².